The highest BCUT2D eigenvalue weighted by Crippen LogP contribution is 2.47. The van der Waals surface area contributed by atoms with E-state index in [4.69, 9.17) is 4.74 Å². The van der Waals surface area contributed by atoms with Gasteiger partial charge in [-0.25, -0.2) is 22.4 Å². The van der Waals surface area contributed by atoms with Crippen LogP contribution in [0.3, 0.4) is 0 Å². The zero-order valence-electron chi connectivity index (χ0n) is 28.2. The van der Waals surface area contributed by atoms with Crippen LogP contribution in [0.5, 0.6) is 0 Å². The third-order valence-corrected chi connectivity index (χ3v) is 11.8. The number of anilines is 1. The number of carboxylic acid groups (broad SMARTS) is 1. The van der Waals surface area contributed by atoms with Gasteiger partial charge < -0.3 is 25.4 Å². The number of carboxylic acids is 1. The molecule has 0 aromatic heterocycles. The first-order valence-corrected chi connectivity index (χ1v) is 18.3. The molecule has 2 saturated carbocycles. The summed E-state index contributed by atoms with van der Waals surface area (Å²) < 4.78 is 47.6. The molecule has 14 nitrogen and oxygen atoms in total. The van der Waals surface area contributed by atoms with Gasteiger partial charge in [-0.1, -0.05) is 32.1 Å². The molecule has 5 atom stereocenters. The minimum absolute atomic E-state index is 0.0117. The predicted octanol–water partition coefficient (Wildman–Crippen LogP) is 2.90. The van der Waals surface area contributed by atoms with Crippen molar-refractivity contribution in [1.82, 2.24) is 19.8 Å². The van der Waals surface area contributed by atoms with Crippen molar-refractivity contribution in [2.24, 2.45) is 5.92 Å². The number of nitrogens with one attached hydrogen (secondary N) is 3. The van der Waals surface area contributed by atoms with Gasteiger partial charge in [0.1, 0.15) is 29.5 Å². The quantitative estimate of drug-likeness (QED) is 0.237. The number of halogens is 1. The Morgan fingerprint density at radius 2 is 1.80 bits per heavy atom. The number of fused-ring (bicyclic) bond motifs is 1. The largest absolute Gasteiger partial charge is 0.478 e. The Balaban J connectivity index is 1.23. The summed E-state index contributed by atoms with van der Waals surface area (Å²) in [6.45, 7) is 7.26. The van der Waals surface area contributed by atoms with Crippen LogP contribution in [0.25, 0.3) is 0 Å². The second kappa shape index (κ2) is 13.6. The van der Waals surface area contributed by atoms with Crippen molar-refractivity contribution < 1.29 is 46.6 Å². The fraction of sp³-hybridized carbons (Fsp3) is 0.457. The van der Waals surface area contributed by atoms with Crippen LogP contribution in [-0.2, 0) is 42.2 Å². The Labute approximate surface area is 294 Å². The van der Waals surface area contributed by atoms with Crippen molar-refractivity contribution >= 4 is 45.5 Å². The zero-order chi connectivity index (χ0) is 36.8. The van der Waals surface area contributed by atoms with Gasteiger partial charge in [0.2, 0.25) is 21.8 Å². The van der Waals surface area contributed by atoms with Crippen molar-refractivity contribution in [3.8, 4) is 0 Å². The van der Waals surface area contributed by atoms with E-state index in [1.165, 1.54) is 40.1 Å². The van der Waals surface area contributed by atoms with Crippen molar-refractivity contribution in [2.75, 3.05) is 11.9 Å². The molecule has 1 saturated heterocycles. The number of hydrogen-bond acceptors (Lipinski definition) is 9. The lowest BCUT2D eigenvalue weighted by atomic mass is 10.1. The normalized spacial score (nSPS) is 24.3. The Kier molecular flexibility index (Phi) is 9.57. The van der Waals surface area contributed by atoms with Gasteiger partial charge >= 0.3 is 12.1 Å². The van der Waals surface area contributed by atoms with E-state index in [2.05, 4.69) is 21.9 Å². The molecule has 6 rings (SSSR count). The first-order chi connectivity index (χ1) is 24.1. The summed E-state index contributed by atoms with van der Waals surface area (Å²) >= 11 is 0. The molecule has 2 aromatic rings. The molecule has 0 bridgehead atoms. The number of nitrogens with zero attached hydrogens (tertiary/aromatic N) is 2. The molecule has 4 amide bonds. The molecule has 0 unspecified atom stereocenters. The second-order valence-corrected chi connectivity index (χ2v) is 15.7. The van der Waals surface area contributed by atoms with Crippen LogP contribution < -0.4 is 15.4 Å². The molecule has 0 spiro atoms. The molecule has 4 N–H and O–H groups in total. The average Bonchev–Trinajstić information content (AvgIpc) is 3.97. The number of likely N-dealkylation sites (tertiary alicyclic amines) is 1. The summed E-state index contributed by atoms with van der Waals surface area (Å²) in [5.41, 5.74) is 0.331. The molecule has 16 heteroatoms. The van der Waals surface area contributed by atoms with Gasteiger partial charge in [0.05, 0.1) is 23.9 Å². The number of sulfonamides is 1. The number of ether oxygens (including phenoxy) is 1. The smallest absolute Gasteiger partial charge is 0.410 e. The molecule has 272 valence electrons. The predicted molar refractivity (Wildman–Crippen MR) is 181 cm³/mol. The number of rotatable bonds is 12. The molecule has 0 radical (unpaired) electrons. The topological polar surface area (TPSA) is 192 Å². The van der Waals surface area contributed by atoms with E-state index < -0.39 is 74.6 Å². The third kappa shape index (κ3) is 7.27. The number of hydrogen-bond donors (Lipinski definition) is 4. The number of amides is 4. The van der Waals surface area contributed by atoms with Crippen LogP contribution in [-0.4, -0.2) is 88.6 Å². The van der Waals surface area contributed by atoms with Gasteiger partial charge in [-0.15, -0.1) is 0 Å². The minimum atomic E-state index is -3.90. The molecule has 2 aromatic carbocycles. The summed E-state index contributed by atoms with van der Waals surface area (Å²) in [6, 6.07) is 7.95. The van der Waals surface area contributed by atoms with Gasteiger partial charge in [0.15, 0.2) is 0 Å². The lowest BCUT2D eigenvalue weighted by molar-refractivity contribution is -0.139. The number of carbonyl (C=O) groups is 5. The molecular formula is C35H40FN5O9S. The first-order valence-electron chi connectivity index (χ1n) is 16.8. The fourth-order valence-electron chi connectivity index (χ4n) is 6.83. The van der Waals surface area contributed by atoms with Crippen LogP contribution in [0, 0.1) is 11.7 Å². The van der Waals surface area contributed by atoms with Gasteiger partial charge in [0.25, 0.3) is 5.91 Å². The fourth-order valence-corrected chi connectivity index (χ4v) is 8.20. The van der Waals surface area contributed by atoms with Gasteiger partial charge in [-0.2, -0.15) is 0 Å². The van der Waals surface area contributed by atoms with E-state index in [1.54, 1.807) is 19.1 Å². The van der Waals surface area contributed by atoms with Crippen LogP contribution in [0.15, 0.2) is 54.6 Å². The maximum atomic E-state index is 14.4. The van der Waals surface area contributed by atoms with Crippen LogP contribution >= 0.6 is 0 Å². The minimum Gasteiger partial charge on any atom is -0.478 e. The average molecular weight is 726 g/mol. The van der Waals surface area contributed by atoms with Gasteiger partial charge in [-0.3, -0.25) is 24.0 Å². The van der Waals surface area contributed by atoms with E-state index in [0.29, 0.717) is 41.6 Å². The summed E-state index contributed by atoms with van der Waals surface area (Å²) in [4.78, 5) is 68.9. The SMILES string of the molecule is C=C(C)[C@H](Nc1ccc(C(=O)O)cc1)C(=O)N1C[C@H](OC(=O)N2Cc3cccc(F)c3C2)C[C@H]1C(=O)N[C@]1(C(=O)NS(=O)(=O)C2CC2)C[C@H]1CC. The Morgan fingerprint density at radius 1 is 1.10 bits per heavy atom. The van der Waals surface area contributed by atoms with Crippen LogP contribution in [0.4, 0.5) is 14.9 Å². The highest BCUT2D eigenvalue weighted by molar-refractivity contribution is 7.91. The van der Waals surface area contributed by atoms with Crippen molar-refractivity contribution in [3.63, 3.8) is 0 Å². The number of benzene rings is 2. The molecule has 3 fully saturated rings. The van der Waals surface area contributed by atoms with Crippen LogP contribution in [0.1, 0.15) is 67.4 Å². The van der Waals surface area contributed by atoms with E-state index in [0.717, 1.165) is 0 Å². The molecule has 2 heterocycles. The molecule has 4 aliphatic rings. The Bertz CT molecular complexity index is 1900. The first kappa shape index (κ1) is 35.8. The lowest BCUT2D eigenvalue weighted by Gasteiger charge is -2.30. The monoisotopic (exact) mass is 725 g/mol. The zero-order valence-corrected chi connectivity index (χ0v) is 29.0. The molecule has 2 aliphatic carbocycles. The van der Waals surface area contributed by atoms with E-state index in [9.17, 15) is 41.9 Å². The summed E-state index contributed by atoms with van der Waals surface area (Å²) in [6.07, 6.45) is -0.291. The van der Waals surface area contributed by atoms with Crippen LogP contribution in [0.2, 0.25) is 0 Å². The maximum Gasteiger partial charge on any atom is 0.410 e. The second-order valence-electron chi connectivity index (χ2n) is 13.7. The summed E-state index contributed by atoms with van der Waals surface area (Å²) in [5, 5.41) is 14.4. The summed E-state index contributed by atoms with van der Waals surface area (Å²) in [7, 11) is -3.90. The molecular weight excluding hydrogens is 685 g/mol. The van der Waals surface area contributed by atoms with Gasteiger partial charge in [-0.05, 0) is 73.6 Å². The molecule has 51 heavy (non-hydrogen) atoms. The van der Waals surface area contributed by atoms with Gasteiger partial charge in [0, 0.05) is 24.2 Å². The summed E-state index contributed by atoms with van der Waals surface area (Å²) in [5.74, 6) is -4.07. The Morgan fingerprint density at radius 3 is 2.39 bits per heavy atom. The highest BCUT2D eigenvalue weighted by atomic mass is 32.2. The van der Waals surface area contributed by atoms with Crippen molar-refractivity contribution in [1.29, 1.82) is 0 Å². The number of aromatic carboxylic acids is 1. The lowest BCUT2D eigenvalue weighted by Crippen LogP contribution is -2.57. The van der Waals surface area contributed by atoms with E-state index in [-0.39, 0.29) is 44.0 Å². The van der Waals surface area contributed by atoms with E-state index >= 15 is 0 Å². The highest BCUT2D eigenvalue weighted by Gasteiger charge is 2.62. The third-order valence-electron chi connectivity index (χ3n) is 10.0. The van der Waals surface area contributed by atoms with E-state index in [1.807, 2.05) is 6.92 Å². The maximum absolute atomic E-state index is 14.4. The molecule has 2 aliphatic heterocycles. The number of carbonyl (C=O) groups excluding carboxylic acids is 4. The van der Waals surface area contributed by atoms with Crippen molar-refractivity contribution in [2.45, 2.75) is 88.0 Å². The standard InChI is InChI=1S/C35H40FN5O9S/c1-4-22-15-35(22,33(46)39-51(48,49)25-12-13-25)38-30(42)28-14-24(50-34(47)40-16-21-6-5-7-27(36)26(21)18-40)17-41(28)31(43)29(19(2)3)37-23-10-8-20(9-11-23)32(44)45/h5-11,22,24-25,28-29,37H,2,4,12-18H2,1,3H3,(H,38,42)(H,39,46)(H,44,45)/t22-,24-,28+,29+,35-/m1/s1. The Hall–Kier alpha value is -4.99. The van der Waals surface area contributed by atoms with Crippen molar-refractivity contribution in [3.05, 3.63) is 77.1 Å².